The highest BCUT2D eigenvalue weighted by Gasteiger charge is 2.32. The zero-order valence-electron chi connectivity index (χ0n) is 19.2. The molecule has 172 valence electrons. The number of nitrogens with zero attached hydrogens (tertiary/aromatic N) is 1. The van der Waals surface area contributed by atoms with Crippen LogP contribution in [0, 0.1) is 18.8 Å². The molecule has 3 rings (SSSR count). The number of carbonyl (C=O) groups is 2. The van der Waals surface area contributed by atoms with Crippen LogP contribution < -0.4 is 21.3 Å². The summed E-state index contributed by atoms with van der Waals surface area (Å²) >= 11 is 6.45. The Balaban J connectivity index is 1.76. The van der Waals surface area contributed by atoms with Crippen LogP contribution in [0.5, 0.6) is 0 Å². The largest absolute Gasteiger partial charge is 0.369 e. The summed E-state index contributed by atoms with van der Waals surface area (Å²) in [4.78, 5) is 27.8. The number of rotatable bonds is 6. The molecule has 7 heteroatoms. The van der Waals surface area contributed by atoms with Crippen LogP contribution in [0.3, 0.4) is 0 Å². The van der Waals surface area contributed by atoms with Gasteiger partial charge in [0.05, 0.1) is 5.92 Å². The minimum absolute atomic E-state index is 0.0164. The number of benzene rings is 1. The molecule has 4 N–H and O–H groups in total. The highest BCUT2D eigenvalue weighted by Crippen LogP contribution is 2.33. The van der Waals surface area contributed by atoms with E-state index in [1.807, 2.05) is 19.9 Å². The van der Waals surface area contributed by atoms with Crippen LogP contribution in [0.1, 0.15) is 68.8 Å². The van der Waals surface area contributed by atoms with Crippen molar-refractivity contribution in [3.8, 4) is 0 Å². The van der Waals surface area contributed by atoms with Gasteiger partial charge in [-0.15, -0.1) is 0 Å². The van der Waals surface area contributed by atoms with Gasteiger partial charge < -0.3 is 21.3 Å². The number of halogens is 1. The van der Waals surface area contributed by atoms with Crippen molar-refractivity contribution in [3.63, 3.8) is 0 Å². The molecule has 3 atom stereocenters. The second-order valence-electron chi connectivity index (χ2n) is 9.39. The highest BCUT2D eigenvalue weighted by atomic mass is 35.5. The zero-order valence-corrected chi connectivity index (χ0v) is 20.0. The molecule has 0 radical (unpaired) electrons. The summed E-state index contributed by atoms with van der Waals surface area (Å²) in [5, 5.41) is 6.53. The SMILES string of the molecule is CCN(c1cc(Cl)cc(C(=O)NCC2C(=O)NC(C)CC2C)c1C)[C@H]1CC[C@@H](N)CC1. The summed E-state index contributed by atoms with van der Waals surface area (Å²) < 4.78 is 0. The van der Waals surface area contributed by atoms with Crippen LogP contribution in [0.15, 0.2) is 12.1 Å². The van der Waals surface area contributed by atoms with Crippen molar-refractivity contribution < 1.29 is 9.59 Å². The van der Waals surface area contributed by atoms with Gasteiger partial charge in [-0.25, -0.2) is 0 Å². The Morgan fingerprint density at radius 1 is 1.26 bits per heavy atom. The third kappa shape index (κ3) is 5.53. The van der Waals surface area contributed by atoms with Crippen LogP contribution in [0.25, 0.3) is 0 Å². The zero-order chi connectivity index (χ0) is 22.7. The smallest absolute Gasteiger partial charge is 0.251 e. The van der Waals surface area contributed by atoms with Crippen LogP contribution in [-0.2, 0) is 4.79 Å². The minimum Gasteiger partial charge on any atom is -0.369 e. The monoisotopic (exact) mass is 448 g/mol. The van der Waals surface area contributed by atoms with E-state index in [-0.39, 0.29) is 29.7 Å². The van der Waals surface area contributed by atoms with Crippen molar-refractivity contribution in [3.05, 3.63) is 28.3 Å². The predicted molar refractivity (Wildman–Crippen MR) is 127 cm³/mol. The molecular weight excluding hydrogens is 412 g/mol. The molecule has 3 unspecified atom stereocenters. The first-order valence-corrected chi connectivity index (χ1v) is 12.0. The summed E-state index contributed by atoms with van der Waals surface area (Å²) in [6.45, 7) is 9.38. The Morgan fingerprint density at radius 2 is 1.94 bits per heavy atom. The number of carbonyl (C=O) groups excluding carboxylic acids is 2. The van der Waals surface area contributed by atoms with E-state index in [0.717, 1.165) is 49.9 Å². The topological polar surface area (TPSA) is 87.5 Å². The molecule has 1 saturated heterocycles. The molecule has 1 aliphatic heterocycles. The highest BCUT2D eigenvalue weighted by molar-refractivity contribution is 6.31. The van der Waals surface area contributed by atoms with Gasteiger partial charge in [0.2, 0.25) is 5.91 Å². The van der Waals surface area contributed by atoms with Gasteiger partial charge in [-0.1, -0.05) is 18.5 Å². The summed E-state index contributed by atoms with van der Waals surface area (Å²) in [5.74, 6) is -0.143. The van der Waals surface area contributed by atoms with Gasteiger partial charge in [0.15, 0.2) is 0 Å². The van der Waals surface area contributed by atoms with Gasteiger partial charge in [-0.2, -0.15) is 0 Å². The van der Waals surface area contributed by atoms with Crippen molar-refractivity contribution >= 4 is 29.1 Å². The first kappa shape index (κ1) is 23.9. The molecular formula is C24H37ClN4O2. The average molecular weight is 449 g/mol. The van der Waals surface area contributed by atoms with E-state index in [4.69, 9.17) is 17.3 Å². The first-order chi connectivity index (χ1) is 14.7. The van der Waals surface area contributed by atoms with Gasteiger partial charge in [0.25, 0.3) is 5.91 Å². The van der Waals surface area contributed by atoms with E-state index in [2.05, 4.69) is 29.4 Å². The Bertz CT molecular complexity index is 807. The van der Waals surface area contributed by atoms with Gasteiger partial charge in [0.1, 0.15) is 0 Å². The van der Waals surface area contributed by atoms with E-state index in [1.54, 1.807) is 6.07 Å². The third-order valence-electron chi connectivity index (χ3n) is 7.04. The number of anilines is 1. The van der Waals surface area contributed by atoms with E-state index < -0.39 is 0 Å². The van der Waals surface area contributed by atoms with Crippen LogP contribution in [0.2, 0.25) is 5.02 Å². The molecule has 2 fully saturated rings. The Hall–Kier alpha value is -1.79. The minimum atomic E-state index is -0.210. The van der Waals surface area contributed by atoms with Gasteiger partial charge in [-0.3, -0.25) is 9.59 Å². The lowest BCUT2D eigenvalue weighted by Gasteiger charge is -2.38. The van der Waals surface area contributed by atoms with Crippen molar-refractivity contribution in [2.45, 2.75) is 77.9 Å². The van der Waals surface area contributed by atoms with Crippen molar-refractivity contribution in [1.82, 2.24) is 10.6 Å². The lowest BCUT2D eigenvalue weighted by molar-refractivity contribution is -0.129. The first-order valence-electron chi connectivity index (χ1n) is 11.6. The summed E-state index contributed by atoms with van der Waals surface area (Å²) in [5.41, 5.74) is 8.61. The molecule has 0 aromatic heterocycles. The van der Waals surface area contributed by atoms with Gasteiger partial charge in [0, 0.05) is 47.5 Å². The van der Waals surface area contributed by atoms with E-state index in [1.165, 1.54) is 0 Å². The number of hydrogen-bond donors (Lipinski definition) is 3. The van der Waals surface area contributed by atoms with Gasteiger partial charge >= 0.3 is 0 Å². The summed E-state index contributed by atoms with van der Waals surface area (Å²) in [7, 11) is 0. The Morgan fingerprint density at radius 3 is 2.55 bits per heavy atom. The maximum Gasteiger partial charge on any atom is 0.251 e. The average Bonchev–Trinajstić information content (AvgIpc) is 2.71. The van der Waals surface area contributed by atoms with Crippen LogP contribution in [-0.4, -0.2) is 43.0 Å². The molecule has 1 aliphatic carbocycles. The fourth-order valence-corrected chi connectivity index (χ4v) is 5.43. The molecule has 2 aliphatic rings. The fourth-order valence-electron chi connectivity index (χ4n) is 5.22. The van der Waals surface area contributed by atoms with E-state index in [9.17, 15) is 9.59 Å². The molecule has 2 amide bonds. The van der Waals surface area contributed by atoms with E-state index >= 15 is 0 Å². The Kier molecular flexibility index (Phi) is 7.87. The lowest BCUT2D eigenvalue weighted by atomic mass is 9.84. The summed E-state index contributed by atoms with van der Waals surface area (Å²) in [6, 6.07) is 4.57. The van der Waals surface area contributed by atoms with Crippen molar-refractivity contribution in [2.24, 2.45) is 17.6 Å². The molecule has 1 saturated carbocycles. The molecule has 1 heterocycles. The number of amides is 2. The van der Waals surface area contributed by atoms with Crippen molar-refractivity contribution in [2.75, 3.05) is 18.0 Å². The number of nitrogens with one attached hydrogen (secondary N) is 2. The van der Waals surface area contributed by atoms with Gasteiger partial charge in [-0.05, 0) is 76.5 Å². The molecule has 0 bridgehead atoms. The molecule has 1 aromatic carbocycles. The maximum atomic E-state index is 13.1. The lowest BCUT2D eigenvalue weighted by Crippen LogP contribution is -2.50. The number of hydrogen-bond acceptors (Lipinski definition) is 4. The standard InChI is InChI=1S/C24H37ClN4O2/c1-5-29(19-8-6-18(26)7-9-19)22-12-17(25)11-20(16(22)4)23(30)27-13-21-14(2)10-15(3)28-24(21)31/h11-12,14-15,18-19,21H,5-10,13,26H2,1-4H3,(H,27,30)(H,28,31)/t14?,15?,18-,19+,21?. The second kappa shape index (κ2) is 10.2. The molecule has 6 nitrogen and oxygen atoms in total. The molecule has 0 spiro atoms. The number of nitrogens with two attached hydrogens (primary N) is 1. The van der Waals surface area contributed by atoms with Crippen molar-refractivity contribution in [1.29, 1.82) is 0 Å². The van der Waals surface area contributed by atoms with Crippen LogP contribution >= 0.6 is 11.6 Å². The van der Waals surface area contributed by atoms with E-state index in [0.29, 0.717) is 29.2 Å². The third-order valence-corrected chi connectivity index (χ3v) is 7.26. The number of piperidine rings is 1. The fraction of sp³-hybridized carbons (Fsp3) is 0.667. The molecule has 31 heavy (non-hydrogen) atoms. The normalized spacial score (nSPS) is 28.7. The predicted octanol–water partition coefficient (Wildman–Crippen LogP) is 3.64. The van der Waals surface area contributed by atoms with Crippen LogP contribution in [0.4, 0.5) is 5.69 Å². The maximum absolute atomic E-state index is 13.1. The summed E-state index contributed by atoms with van der Waals surface area (Å²) in [6.07, 6.45) is 5.07. The Labute approximate surface area is 191 Å². The second-order valence-corrected chi connectivity index (χ2v) is 9.83. The quantitative estimate of drug-likeness (QED) is 0.620. The molecule has 1 aromatic rings.